The maximum Gasteiger partial charge on any atom is 0.121 e. The van der Waals surface area contributed by atoms with Crippen LogP contribution in [0.2, 0.25) is 0 Å². The molecule has 0 saturated heterocycles. The van der Waals surface area contributed by atoms with Gasteiger partial charge in [-0.1, -0.05) is 38.3 Å². The first kappa shape index (κ1) is 19.2. The first-order valence-electron chi connectivity index (χ1n) is 9.47. The molecule has 0 amide bonds. The van der Waals surface area contributed by atoms with Crippen LogP contribution < -0.4 is 15.4 Å². The van der Waals surface area contributed by atoms with Crippen LogP contribution in [0.25, 0.3) is 0 Å². The Hall–Kier alpha value is -2.16. The first-order chi connectivity index (χ1) is 12.2. The zero-order chi connectivity index (χ0) is 17.9. The molecule has 0 saturated carbocycles. The van der Waals surface area contributed by atoms with E-state index in [4.69, 9.17) is 4.74 Å². The van der Waals surface area contributed by atoms with Crippen LogP contribution >= 0.6 is 0 Å². The molecule has 2 aromatic rings. The van der Waals surface area contributed by atoms with E-state index in [0.717, 1.165) is 37.6 Å². The molecule has 0 aliphatic rings. The van der Waals surface area contributed by atoms with Gasteiger partial charge in [-0.05, 0) is 55.7 Å². The van der Waals surface area contributed by atoms with Crippen molar-refractivity contribution in [2.75, 3.05) is 30.3 Å². The number of hydrogen-bond acceptors (Lipinski definition) is 3. The quantitative estimate of drug-likeness (QED) is 0.508. The number of benzene rings is 2. The zero-order valence-electron chi connectivity index (χ0n) is 15.9. The normalized spacial score (nSPS) is 10.5. The largest absolute Gasteiger partial charge is 0.494 e. The highest BCUT2D eigenvalue weighted by Crippen LogP contribution is 2.18. The van der Waals surface area contributed by atoms with Gasteiger partial charge in [0.25, 0.3) is 0 Å². The Kier molecular flexibility index (Phi) is 8.17. The molecule has 3 heteroatoms. The molecule has 0 fully saturated rings. The molecule has 3 nitrogen and oxygen atoms in total. The molecule has 25 heavy (non-hydrogen) atoms. The fourth-order valence-electron chi connectivity index (χ4n) is 2.68. The Morgan fingerprint density at radius 3 is 2.28 bits per heavy atom. The van der Waals surface area contributed by atoms with Gasteiger partial charge < -0.3 is 15.4 Å². The van der Waals surface area contributed by atoms with Crippen LogP contribution in [0, 0.1) is 13.8 Å². The molecular weight excluding hydrogens is 308 g/mol. The molecule has 136 valence electrons. The van der Waals surface area contributed by atoms with Crippen molar-refractivity contribution >= 4 is 11.4 Å². The Morgan fingerprint density at radius 1 is 0.800 bits per heavy atom. The minimum Gasteiger partial charge on any atom is -0.494 e. The number of unbranched alkanes of at least 4 members (excludes halogenated alkanes) is 3. The predicted molar refractivity (Wildman–Crippen MR) is 109 cm³/mol. The van der Waals surface area contributed by atoms with E-state index in [2.05, 4.69) is 61.7 Å². The summed E-state index contributed by atoms with van der Waals surface area (Å²) in [6.07, 6.45) is 4.93. The summed E-state index contributed by atoms with van der Waals surface area (Å²) in [5, 5.41) is 6.91. The van der Waals surface area contributed by atoms with Crippen molar-refractivity contribution in [1.29, 1.82) is 0 Å². The van der Waals surface area contributed by atoms with E-state index in [0.29, 0.717) is 0 Å². The number of rotatable bonds is 11. The van der Waals surface area contributed by atoms with E-state index in [1.54, 1.807) is 0 Å². The molecule has 0 aliphatic heterocycles. The predicted octanol–water partition coefficient (Wildman–Crippen LogP) is 5.79. The Bertz CT molecular complexity index is 640. The number of nitrogens with one attached hydrogen (secondary N) is 2. The molecule has 0 atom stereocenters. The zero-order valence-corrected chi connectivity index (χ0v) is 15.9. The van der Waals surface area contributed by atoms with Crippen LogP contribution in [0.1, 0.15) is 43.7 Å². The number of hydrogen-bond donors (Lipinski definition) is 2. The lowest BCUT2D eigenvalue weighted by atomic mass is 10.1. The van der Waals surface area contributed by atoms with Crippen LogP contribution in [0.15, 0.2) is 42.5 Å². The number of aryl methyl sites for hydroxylation is 2. The van der Waals surface area contributed by atoms with E-state index in [-0.39, 0.29) is 0 Å². The van der Waals surface area contributed by atoms with Gasteiger partial charge in [0, 0.05) is 30.5 Å². The molecule has 0 spiro atoms. The van der Waals surface area contributed by atoms with Crippen LogP contribution in [0.4, 0.5) is 11.4 Å². The van der Waals surface area contributed by atoms with Gasteiger partial charge in [-0.25, -0.2) is 0 Å². The fourth-order valence-corrected chi connectivity index (χ4v) is 2.68. The maximum absolute atomic E-state index is 5.84. The second kappa shape index (κ2) is 10.7. The molecule has 2 rings (SSSR count). The summed E-state index contributed by atoms with van der Waals surface area (Å²) in [5.41, 5.74) is 4.93. The average molecular weight is 341 g/mol. The molecule has 0 bridgehead atoms. The van der Waals surface area contributed by atoms with Gasteiger partial charge in [0.05, 0.1) is 6.61 Å². The summed E-state index contributed by atoms with van der Waals surface area (Å²) in [6.45, 7) is 9.06. The van der Waals surface area contributed by atoms with Gasteiger partial charge >= 0.3 is 0 Å². The average Bonchev–Trinajstić information content (AvgIpc) is 2.62. The monoisotopic (exact) mass is 340 g/mol. The third kappa shape index (κ3) is 7.08. The second-order valence-electron chi connectivity index (χ2n) is 6.59. The standard InChI is InChI=1S/C22H32N2O/c1-4-5-6-7-15-25-22-10-8-9-20(17-22)23-13-14-24-21-12-11-18(2)19(3)16-21/h8-12,16-17,23-24H,4-7,13-15H2,1-3H3. The summed E-state index contributed by atoms with van der Waals surface area (Å²) in [7, 11) is 0. The van der Waals surface area contributed by atoms with E-state index < -0.39 is 0 Å². The van der Waals surface area contributed by atoms with Gasteiger partial charge in [0.1, 0.15) is 5.75 Å². The molecule has 0 heterocycles. The van der Waals surface area contributed by atoms with Crippen molar-refractivity contribution in [1.82, 2.24) is 0 Å². The summed E-state index contributed by atoms with van der Waals surface area (Å²) in [4.78, 5) is 0. The van der Waals surface area contributed by atoms with Gasteiger partial charge in [-0.3, -0.25) is 0 Å². The van der Waals surface area contributed by atoms with Crippen molar-refractivity contribution in [2.24, 2.45) is 0 Å². The minimum absolute atomic E-state index is 0.803. The van der Waals surface area contributed by atoms with Crippen LogP contribution in [-0.2, 0) is 0 Å². The van der Waals surface area contributed by atoms with E-state index in [1.165, 1.54) is 36.1 Å². The van der Waals surface area contributed by atoms with Gasteiger partial charge in [0.2, 0.25) is 0 Å². The van der Waals surface area contributed by atoms with Crippen LogP contribution in [-0.4, -0.2) is 19.7 Å². The Balaban J connectivity index is 1.69. The first-order valence-corrected chi connectivity index (χ1v) is 9.47. The lowest BCUT2D eigenvalue weighted by Crippen LogP contribution is -2.13. The van der Waals surface area contributed by atoms with Gasteiger partial charge in [-0.2, -0.15) is 0 Å². The van der Waals surface area contributed by atoms with Crippen molar-refractivity contribution in [3.05, 3.63) is 53.6 Å². The topological polar surface area (TPSA) is 33.3 Å². The minimum atomic E-state index is 0.803. The third-order valence-corrected chi connectivity index (χ3v) is 4.39. The molecule has 0 aliphatic carbocycles. The van der Waals surface area contributed by atoms with E-state index in [9.17, 15) is 0 Å². The van der Waals surface area contributed by atoms with Crippen LogP contribution in [0.5, 0.6) is 5.75 Å². The molecule has 2 N–H and O–H groups in total. The highest BCUT2D eigenvalue weighted by atomic mass is 16.5. The molecular formula is C22H32N2O. The highest BCUT2D eigenvalue weighted by Gasteiger charge is 1.98. The smallest absolute Gasteiger partial charge is 0.121 e. The molecule has 2 aromatic carbocycles. The lowest BCUT2D eigenvalue weighted by molar-refractivity contribution is 0.305. The Morgan fingerprint density at radius 2 is 1.56 bits per heavy atom. The molecule has 0 unspecified atom stereocenters. The highest BCUT2D eigenvalue weighted by molar-refractivity contribution is 5.50. The fraction of sp³-hybridized carbons (Fsp3) is 0.455. The summed E-state index contributed by atoms with van der Waals surface area (Å²) in [5.74, 6) is 0.948. The summed E-state index contributed by atoms with van der Waals surface area (Å²) < 4.78 is 5.84. The third-order valence-electron chi connectivity index (χ3n) is 4.39. The van der Waals surface area contributed by atoms with Crippen molar-refractivity contribution in [3.63, 3.8) is 0 Å². The number of anilines is 2. The maximum atomic E-state index is 5.84. The number of ether oxygens (including phenoxy) is 1. The van der Waals surface area contributed by atoms with E-state index in [1.807, 2.05) is 12.1 Å². The lowest BCUT2D eigenvalue weighted by Gasteiger charge is -2.12. The second-order valence-corrected chi connectivity index (χ2v) is 6.59. The summed E-state index contributed by atoms with van der Waals surface area (Å²) in [6, 6.07) is 14.7. The van der Waals surface area contributed by atoms with E-state index >= 15 is 0 Å². The van der Waals surface area contributed by atoms with Crippen molar-refractivity contribution in [3.8, 4) is 5.75 Å². The summed E-state index contributed by atoms with van der Waals surface area (Å²) >= 11 is 0. The van der Waals surface area contributed by atoms with Gasteiger partial charge in [-0.15, -0.1) is 0 Å². The molecule has 0 aromatic heterocycles. The molecule has 0 radical (unpaired) electrons. The SMILES string of the molecule is CCCCCCOc1cccc(NCCNc2ccc(C)c(C)c2)c1. The Labute approximate surface area is 152 Å². The van der Waals surface area contributed by atoms with Crippen molar-refractivity contribution < 1.29 is 4.74 Å². The van der Waals surface area contributed by atoms with Crippen LogP contribution in [0.3, 0.4) is 0 Å². The van der Waals surface area contributed by atoms with Crippen molar-refractivity contribution in [2.45, 2.75) is 46.5 Å². The van der Waals surface area contributed by atoms with Gasteiger partial charge in [0.15, 0.2) is 0 Å².